The van der Waals surface area contributed by atoms with E-state index in [4.69, 9.17) is 4.74 Å². The lowest BCUT2D eigenvalue weighted by Gasteiger charge is -2.40. The maximum absolute atomic E-state index is 12.9. The van der Waals surface area contributed by atoms with Gasteiger partial charge in [0.15, 0.2) is 0 Å². The average Bonchev–Trinajstić information content (AvgIpc) is 3.35. The number of morpholine rings is 1. The lowest BCUT2D eigenvalue weighted by molar-refractivity contribution is -0.153. The highest BCUT2D eigenvalue weighted by Gasteiger charge is 2.62. The molecule has 2 N–H and O–H groups in total. The number of aliphatic hydroxyl groups excluding tert-OH is 1. The first-order chi connectivity index (χ1) is 14.5. The van der Waals surface area contributed by atoms with Crippen molar-refractivity contribution in [3.05, 3.63) is 29.3 Å². The molecule has 7 nitrogen and oxygen atoms in total. The number of rotatable bonds is 5. The normalized spacial score (nSPS) is 32.2. The van der Waals surface area contributed by atoms with Crippen LogP contribution in [0.2, 0.25) is 0 Å². The standard InChI is InChI=1S/C23H31N3O4/c1-25-10-19-18(12-27)20-11-26(14-23(19,13-25)30-20)22(29)8-7-21(28)24-17-6-5-15-3-2-4-16(15)9-17/h5-6,9,18-20,27H,2-4,7-8,10-14H2,1H3,(H,24,28)/t18-,19+,20+,23-/m0/s1. The molecule has 3 heterocycles. The Hall–Kier alpha value is -1.96. The fourth-order valence-electron chi connectivity index (χ4n) is 6.11. The van der Waals surface area contributed by atoms with Crippen LogP contribution in [0.3, 0.4) is 0 Å². The number of anilines is 1. The van der Waals surface area contributed by atoms with E-state index in [1.165, 1.54) is 17.5 Å². The molecular formula is C23H31N3O4. The zero-order valence-corrected chi connectivity index (χ0v) is 17.6. The first-order valence-electron chi connectivity index (χ1n) is 11.1. The number of likely N-dealkylation sites (N-methyl/N-ethyl adjacent to an activating group) is 1. The van der Waals surface area contributed by atoms with Gasteiger partial charge in [0.25, 0.3) is 0 Å². The first kappa shape index (κ1) is 20.0. The Balaban J connectivity index is 1.18. The van der Waals surface area contributed by atoms with Gasteiger partial charge in [0.05, 0.1) is 12.6 Å². The SMILES string of the molecule is CN1C[C@@H]2[C@H](CO)[C@H]3CN(C(=O)CCC(=O)Nc4ccc5c(c4)CCC5)C[C@]2(C1)O3. The second-order valence-electron chi connectivity index (χ2n) is 9.53. The lowest BCUT2D eigenvalue weighted by atomic mass is 9.83. The van der Waals surface area contributed by atoms with Crippen molar-refractivity contribution >= 4 is 17.5 Å². The van der Waals surface area contributed by atoms with E-state index in [1.807, 2.05) is 11.0 Å². The molecule has 1 aromatic rings. The second-order valence-corrected chi connectivity index (χ2v) is 9.53. The number of hydrogen-bond acceptors (Lipinski definition) is 5. The van der Waals surface area contributed by atoms with Crippen molar-refractivity contribution in [2.75, 3.05) is 45.2 Å². The number of ether oxygens (including phenoxy) is 1. The first-order valence-corrected chi connectivity index (χ1v) is 11.1. The fourth-order valence-corrected chi connectivity index (χ4v) is 6.11. The summed E-state index contributed by atoms with van der Waals surface area (Å²) in [5.74, 6) is 0.218. The van der Waals surface area contributed by atoms with E-state index in [-0.39, 0.29) is 54.8 Å². The molecule has 3 fully saturated rings. The number of aryl methyl sites for hydroxylation is 2. The number of carbonyl (C=O) groups excluding carboxylic acids is 2. The molecule has 3 saturated heterocycles. The van der Waals surface area contributed by atoms with Crippen LogP contribution in [0.5, 0.6) is 0 Å². The number of fused-ring (bicyclic) bond motifs is 2. The van der Waals surface area contributed by atoms with E-state index in [0.717, 1.165) is 31.6 Å². The van der Waals surface area contributed by atoms with E-state index in [1.54, 1.807) is 0 Å². The van der Waals surface area contributed by atoms with Gasteiger partial charge in [0.1, 0.15) is 5.60 Å². The highest BCUT2D eigenvalue weighted by Crippen LogP contribution is 2.48. The van der Waals surface area contributed by atoms with Gasteiger partial charge in [-0.15, -0.1) is 0 Å². The third-order valence-corrected chi connectivity index (χ3v) is 7.47. The van der Waals surface area contributed by atoms with Crippen LogP contribution in [0.15, 0.2) is 18.2 Å². The van der Waals surface area contributed by atoms with Crippen LogP contribution in [-0.4, -0.2) is 78.3 Å². The van der Waals surface area contributed by atoms with Crippen LogP contribution in [0.1, 0.15) is 30.4 Å². The quantitative estimate of drug-likeness (QED) is 0.754. The van der Waals surface area contributed by atoms with Gasteiger partial charge in [-0.05, 0) is 49.6 Å². The highest BCUT2D eigenvalue weighted by atomic mass is 16.5. The van der Waals surface area contributed by atoms with Crippen LogP contribution < -0.4 is 5.32 Å². The third-order valence-electron chi connectivity index (χ3n) is 7.47. The van der Waals surface area contributed by atoms with Crippen LogP contribution in [0.25, 0.3) is 0 Å². The molecule has 4 atom stereocenters. The molecule has 30 heavy (non-hydrogen) atoms. The molecule has 1 aliphatic carbocycles. The monoisotopic (exact) mass is 413 g/mol. The summed E-state index contributed by atoms with van der Waals surface area (Å²) in [7, 11) is 2.06. The summed E-state index contributed by atoms with van der Waals surface area (Å²) in [6.07, 6.45) is 3.64. The van der Waals surface area contributed by atoms with Crippen molar-refractivity contribution in [2.24, 2.45) is 11.8 Å². The van der Waals surface area contributed by atoms with Gasteiger partial charge < -0.3 is 25.0 Å². The molecule has 0 aromatic heterocycles. The molecule has 3 aliphatic heterocycles. The minimum Gasteiger partial charge on any atom is -0.396 e. The Morgan fingerprint density at radius 1 is 1.20 bits per heavy atom. The maximum Gasteiger partial charge on any atom is 0.224 e. The molecule has 1 spiro atoms. The molecule has 7 heteroatoms. The van der Waals surface area contributed by atoms with Crippen LogP contribution in [0, 0.1) is 11.8 Å². The van der Waals surface area contributed by atoms with E-state index in [9.17, 15) is 14.7 Å². The van der Waals surface area contributed by atoms with Gasteiger partial charge >= 0.3 is 0 Å². The maximum atomic E-state index is 12.9. The summed E-state index contributed by atoms with van der Waals surface area (Å²) in [6.45, 7) is 2.84. The van der Waals surface area contributed by atoms with Crippen molar-refractivity contribution in [1.82, 2.24) is 9.80 Å². The fraction of sp³-hybridized carbons (Fsp3) is 0.652. The predicted octanol–water partition coefficient (Wildman–Crippen LogP) is 1.04. The van der Waals surface area contributed by atoms with Crippen molar-refractivity contribution < 1.29 is 19.4 Å². The van der Waals surface area contributed by atoms with Gasteiger partial charge in [-0.25, -0.2) is 0 Å². The molecule has 0 radical (unpaired) electrons. The van der Waals surface area contributed by atoms with Gasteiger partial charge in [-0.1, -0.05) is 6.07 Å². The number of nitrogens with one attached hydrogen (secondary N) is 1. The lowest BCUT2D eigenvalue weighted by Crippen LogP contribution is -2.55. The van der Waals surface area contributed by atoms with E-state index >= 15 is 0 Å². The molecule has 2 amide bonds. The molecule has 0 unspecified atom stereocenters. The molecule has 2 bridgehead atoms. The van der Waals surface area contributed by atoms with E-state index in [2.05, 4.69) is 29.4 Å². The molecule has 1 aromatic carbocycles. The molecule has 162 valence electrons. The molecule has 4 aliphatic rings. The number of carbonyl (C=O) groups is 2. The number of aliphatic hydroxyl groups is 1. The summed E-state index contributed by atoms with van der Waals surface area (Å²) in [5.41, 5.74) is 3.15. The van der Waals surface area contributed by atoms with Gasteiger partial charge in [-0.3, -0.25) is 9.59 Å². The second kappa shape index (κ2) is 7.62. The Bertz CT molecular complexity index is 859. The van der Waals surface area contributed by atoms with Crippen molar-refractivity contribution in [3.8, 4) is 0 Å². The van der Waals surface area contributed by atoms with Crippen LogP contribution >= 0.6 is 0 Å². The third kappa shape index (κ3) is 3.43. The Labute approximate surface area is 177 Å². The largest absolute Gasteiger partial charge is 0.396 e. The minimum absolute atomic E-state index is 0.00123. The number of hydrogen-bond donors (Lipinski definition) is 2. The Morgan fingerprint density at radius 3 is 2.87 bits per heavy atom. The minimum atomic E-state index is -0.368. The summed E-state index contributed by atoms with van der Waals surface area (Å²) >= 11 is 0. The van der Waals surface area contributed by atoms with Crippen molar-refractivity contribution in [1.29, 1.82) is 0 Å². The number of benzene rings is 1. The average molecular weight is 414 g/mol. The summed E-state index contributed by atoms with van der Waals surface area (Å²) < 4.78 is 6.33. The van der Waals surface area contributed by atoms with Gasteiger partial charge in [-0.2, -0.15) is 0 Å². The summed E-state index contributed by atoms with van der Waals surface area (Å²) in [6, 6.07) is 6.11. The highest BCUT2D eigenvalue weighted by molar-refractivity contribution is 5.93. The van der Waals surface area contributed by atoms with Crippen LogP contribution in [-0.2, 0) is 27.2 Å². The number of likely N-dealkylation sites (tertiary alicyclic amines) is 2. The number of amides is 2. The zero-order valence-electron chi connectivity index (χ0n) is 17.6. The molecule has 5 rings (SSSR count). The number of nitrogens with zero attached hydrogens (tertiary/aromatic N) is 2. The molecular weight excluding hydrogens is 382 g/mol. The zero-order chi connectivity index (χ0) is 20.9. The Kier molecular flexibility index (Phi) is 5.08. The van der Waals surface area contributed by atoms with Crippen molar-refractivity contribution in [2.45, 2.75) is 43.8 Å². The summed E-state index contributed by atoms with van der Waals surface area (Å²) in [4.78, 5) is 29.4. The van der Waals surface area contributed by atoms with E-state index < -0.39 is 0 Å². The van der Waals surface area contributed by atoms with Crippen molar-refractivity contribution in [3.63, 3.8) is 0 Å². The Morgan fingerprint density at radius 2 is 2.03 bits per heavy atom. The smallest absolute Gasteiger partial charge is 0.224 e. The van der Waals surface area contributed by atoms with Gasteiger partial charge in [0.2, 0.25) is 11.8 Å². The molecule has 0 saturated carbocycles. The van der Waals surface area contributed by atoms with Gasteiger partial charge in [0, 0.05) is 56.6 Å². The summed E-state index contributed by atoms with van der Waals surface area (Å²) in [5, 5.41) is 12.8. The topological polar surface area (TPSA) is 82.1 Å². The van der Waals surface area contributed by atoms with Crippen LogP contribution in [0.4, 0.5) is 5.69 Å². The predicted molar refractivity (Wildman–Crippen MR) is 112 cm³/mol. The van der Waals surface area contributed by atoms with E-state index in [0.29, 0.717) is 13.1 Å².